The van der Waals surface area contributed by atoms with E-state index in [1.54, 1.807) is 41.0 Å². The smallest absolute Gasteiger partial charge is 0.325 e. The Morgan fingerprint density at radius 2 is 2.00 bits per heavy atom. The minimum absolute atomic E-state index is 0.0508. The highest BCUT2D eigenvalue weighted by atomic mass is 35.5. The van der Waals surface area contributed by atoms with Crippen molar-refractivity contribution in [1.82, 2.24) is 4.57 Å². The molecule has 1 amide bonds. The van der Waals surface area contributed by atoms with Crippen LogP contribution in [-0.4, -0.2) is 30.2 Å². The summed E-state index contributed by atoms with van der Waals surface area (Å²) in [6.45, 7) is 2.69. The summed E-state index contributed by atoms with van der Waals surface area (Å²) in [7, 11) is 1.32. The zero-order chi connectivity index (χ0) is 21.5. The minimum Gasteiger partial charge on any atom is -0.494 e. The molecular weight excluding hydrogens is 424 g/mol. The van der Waals surface area contributed by atoms with Crippen LogP contribution in [0.25, 0.3) is 10.2 Å². The molecule has 1 aromatic heterocycles. The number of benzene rings is 2. The summed E-state index contributed by atoms with van der Waals surface area (Å²) in [6.07, 6.45) is 3.19. The Hall–Kier alpha value is -2.64. The molecule has 1 heterocycles. The predicted molar refractivity (Wildman–Crippen MR) is 118 cm³/mol. The molecule has 0 unspecified atom stereocenters. The van der Waals surface area contributed by atoms with Gasteiger partial charge in [-0.3, -0.25) is 9.59 Å². The summed E-state index contributed by atoms with van der Waals surface area (Å²) in [5, 5.41) is 0.569. The lowest BCUT2D eigenvalue weighted by molar-refractivity contribution is -0.141. The molecule has 30 heavy (non-hydrogen) atoms. The van der Waals surface area contributed by atoms with E-state index in [-0.39, 0.29) is 6.54 Å². The molecule has 0 aliphatic carbocycles. The number of ether oxygens (including phenoxy) is 2. The summed E-state index contributed by atoms with van der Waals surface area (Å²) in [4.78, 5) is 29.4. The summed E-state index contributed by atoms with van der Waals surface area (Å²) >= 11 is 7.38. The van der Waals surface area contributed by atoms with Crippen LogP contribution in [0.2, 0.25) is 5.02 Å². The second-order valence-electron chi connectivity index (χ2n) is 6.66. The number of methoxy groups -OCH3 is 1. The molecule has 0 bridgehead atoms. The Morgan fingerprint density at radius 1 is 1.17 bits per heavy atom. The first kappa shape index (κ1) is 22.1. The summed E-state index contributed by atoms with van der Waals surface area (Å²) in [5.41, 5.74) is 1.18. The fourth-order valence-corrected chi connectivity index (χ4v) is 4.20. The molecule has 0 aliphatic heterocycles. The predicted octanol–water partition coefficient (Wildman–Crippen LogP) is 4.84. The van der Waals surface area contributed by atoms with Gasteiger partial charge < -0.3 is 14.0 Å². The van der Waals surface area contributed by atoms with E-state index in [1.807, 2.05) is 6.07 Å². The van der Waals surface area contributed by atoms with Gasteiger partial charge in [-0.05, 0) is 42.8 Å². The van der Waals surface area contributed by atoms with E-state index in [1.165, 1.54) is 18.4 Å². The number of unbranched alkanes of at least 4 members (excludes halogenated alkanes) is 2. The van der Waals surface area contributed by atoms with Crippen LogP contribution in [0.1, 0.15) is 36.5 Å². The van der Waals surface area contributed by atoms with Crippen LogP contribution in [0.3, 0.4) is 0 Å². The van der Waals surface area contributed by atoms with E-state index in [9.17, 15) is 9.59 Å². The molecule has 0 atom stereocenters. The Bertz CT molecular complexity index is 1120. The van der Waals surface area contributed by atoms with E-state index in [0.29, 0.717) is 27.7 Å². The number of carbonyl (C=O) groups excluding carboxylic acids is 2. The first-order valence-corrected chi connectivity index (χ1v) is 10.9. The average Bonchev–Trinajstić information content (AvgIpc) is 3.07. The number of aromatic nitrogens is 1. The van der Waals surface area contributed by atoms with Gasteiger partial charge in [0.2, 0.25) is 0 Å². The van der Waals surface area contributed by atoms with Gasteiger partial charge in [0.05, 0.1) is 23.9 Å². The van der Waals surface area contributed by atoms with Crippen LogP contribution >= 0.6 is 22.9 Å². The van der Waals surface area contributed by atoms with Crippen molar-refractivity contribution in [3.63, 3.8) is 0 Å². The molecule has 2 aromatic carbocycles. The highest BCUT2D eigenvalue weighted by Crippen LogP contribution is 2.22. The Morgan fingerprint density at radius 3 is 2.77 bits per heavy atom. The van der Waals surface area contributed by atoms with Gasteiger partial charge in [0.15, 0.2) is 4.80 Å². The zero-order valence-corrected chi connectivity index (χ0v) is 18.5. The summed E-state index contributed by atoms with van der Waals surface area (Å²) in [5.74, 6) is -0.205. The summed E-state index contributed by atoms with van der Waals surface area (Å²) < 4.78 is 13.0. The van der Waals surface area contributed by atoms with Crippen molar-refractivity contribution in [2.24, 2.45) is 4.99 Å². The number of carbonyl (C=O) groups is 2. The second kappa shape index (κ2) is 10.4. The van der Waals surface area contributed by atoms with Crippen molar-refractivity contribution < 1.29 is 19.1 Å². The molecule has 0 saturated carbocycles. The number of rotatable bonds is 8. The van der Waals surface area contributed by atoms with Crippen molar-refractivity contribution in [2.45, 2.75) is 32.7 Å². The maximum Gasteiger partial charge on any atom is 0.325 e. The van der Waals surface area contributed by atoms with Gasteiger partial charge in [-0.2, -0.15) is 4.99 Å². The van der Waals surface area contributed by atoms with Gasteiger partial charge in [-0.25, -0.2) is 0 Å². The SMILES string of the molecule is CCCCCOc1cccc(C(=O)N=c2sc3cc(Cl)ccc3n2CC(=O)OC)c1. The van der Waals surface area contributed by atoms with Crippen LogP contribution in [0.15, 0.2) is 47.5 Å². The average molecular weight is 447 g/mol. The number of amides is 1. The third-order valence-electron chi connectivity index (χ3n) is 4.45. The molecule has 6 nitrogen and oxygen atoms in total. The first-order chi connectivity index (χ1) is 14.5. The summed E-state index contributed by atoms with van der Waals surface area (Å²) in [6, 6.07) is 12.3. The molecule has 158 valence electrons. The Kier molecular flexibility index (Phi) is 7.65. The lowest BCUT2D eigenvalue weighted by Gasteiger charge is -2.06. The Labute approximate surface area is 183 Å². The van der Waals surface area contributed by atoms with Gasteiger partial charge in [-0.15, -0.1) is 0 Å². The molecule has 0 fully saturated rings. The number of hydrogen-bond acceptors (Lipinski definition) is 5. The maximum absolute atomic E-state index is 12.8. The van der Waals surface area contributed by atoms with Crippen LogP contribution in [-0.2, 0) is 16.1 Å². The van der Waals surface area contributed by atoms with Gasteiger partial charge >= 0.3 is 5.97 Å². The monoisotopic (exact) mass is 446 g/mol. The molecule has 0 saturated heterocycles. The highest BCUT2D eigenvalue weighted by Gasteiger charge is 2.13. The number of nitrogens with zero attached hydrogens (tertiary/aromatic N) is 2. The quantitative estimate of drug-likeness (QED) is 0.366. The fraction of sp³-hybridized carbons (Fsp3) is 0.318. The lowest BCUT2D eigenvalue weighted by Crippen LogP contribution is -2.22. The second-order valence-corrected chi connectivity index (χ2v) is 8.10. The number of fused-ring (bicyclic) bond motifs is 1. The van der Waals surface area contributed by atoms with Gasteiger partial charge in [0.25, 0.3) is 5.91 Å². The van der Waals surface area contributed by atoms with Crippen molar-refractivity contribution in [1.29, 1.82) is 0 Å². The van der Waals surface area contributed by atoms with E-state index in [0.717, 1.165) is 29.5 Å². The van der Waals surface area contributed by atoms with Gasteiger partial charge in [-0.1, -0.05) is 48.8 Å². The third kappa shape index (κ3) is 5.49. The molecular formula is C22H23ClN2O4S. The molecule has 8 heteroatoms. The van der Waals surface area contributed by atoms with Crippen LogP contribution < -0.4 is 9.54 Å². The van der Waals surface area contributed by atoms with E-state index < -0.39 is 11.9 Å². The van der Waals surface area contributed by atoms with Gasteiger partial charge in [0, 0.05) is 10.6 Å². The molecule has 0 spiro atoms. The molecule has 3 aromatic rings. The van der Waals surface area contributed by atoms with Crippen molar-refractivity contribution in [3.8, 4) is 5.75 Å². The molecule has 3 rings (SSSR count). The van der Waals surface area contributed by atoms with Crippen LogP contribution in [0, 0.1) is 0 Å². The highest BCUT2D eigenvalue weighted by molar-refractivity contribution is 7.16. The van der Waals surface area contributed by atoms with E-state index >= 15 is 0 Å². The number of thiazole rings is 1. The first-order valence-electron chi connectivity index (χ1n) is 9.69. The fourth-order valence-electron chi connectivity index (χ4n) is 2.89. The zero-order valence-electron chi connectivity index (χ0n) is 16.9. The van der Waals surface area contributed by atoms with Crippen molar-refractivity contribution >= 4 is 45.0 Å². The van der Waals surface area contributed by atoms with E-state index in [2.05, 4.69) is 11.9 Å². The van der Waals surface area contributed by atoms with Crippen molar-refractivity contribution in [2.75, 3.05) is 13.7 Å². The standard InChI is InChI=1S/C22H23ClN2O4S/c1-3-4-5-11-29-17-8-6-7-15(12-17)21(27)24-22-25(14-20(26)28-2)18-10-9-16(23)13-19(18)30-22/h6-10,12-13H,3-5,11,14H2,1-2H3. The van der Waals surface area contributed by atoms with Gasteiger partial charge in [0.1, 0.15) is 12.3 Å². The maximum atomic E-state index is 12.8. The van der Waals surface area contributed by atoms with Crippen molar-refractivity contribution in [3.05, 3.63) is 57.9 Å². The lowest BCUT2D eigenvalue weighted by atomic mass is 10.2. The topological polar surface area (TPSA) is 69.9 Å². The largest absolute Gasteiger partial charge is 0.494 e. The normalized spacial score (nSPS) is 11.6. The molecule has 0 aliphatic rings. The number of esters is 1. The number of hydrogen-bond donors (Lipinski definition) is 0. The van der Waals surface area contributed by atoms with Crippen LogP contribution in [0.4, 0.5) is 0 Å². The van der Waals surface area contributed by atoms with Crippen LogP contribution in [0.5, 0.6) is 5.75 Å². The molecule has 0 radical (unpaired) electrons. The van der Waals surface area contributed by atoms with E-state index in [4.69, 9.17) is 21.1 Å². The molecule has 0 N–H and O–H groups in total. The Balaban J connectivity index is 1.93. The number of halogens is 1. The minimum atomic E-state index is -0.430. The third-order valence-corrected chi connectivity index (χ3v) is 5.73.